The molecule has 0 saturated carbocycles. The van der Waals surface area contributed by atoms with Gasteiger partial charge in [-0.25, -0.2) is 0 Å². The first kappa shape index (κ1) is 14.8. The van der Waals surface area contributed by atoms with Gasteiger partial charge in [0.15, 0.2) is 0 Å². The molecule has 7 heteroatoms. The van der Waals surface area contributed by atoms with Gasteiger partial charge in [-0.15, -0.1) is 0 Å². The van der Waals surface area contributed by atoms with Gasteiger partial charge in [-0.2, -0.15) is 5.10 Å². The number of nitro benzene ring substituents is 1. The zero-order valence-electron chi connectivity index (χ0n) is 11.1. The third-order valence-corrected chi connectivity index (χ3v) is 3.03. The van der Waals surface area contributed by atoms with Crippen molar-refractivity contribution in [2.75, 3.05) is 5.43 Å². The Morgan fingerprint density at radius 3 is 2.76 bits per heavy atom. The molecule has 0 amide bonds. The molecular formula is C14H12ClN3O3. The molecule has 108 valence electrons. The van der Waals surface area contributed by atoms with E-state index in [1.165, 1.54) is 12.3 Å². The van der Waals surface area contributed by atoms with E-state index in [4.69, 9.17) is 11.6 Å². The highest BCUT2D eigenvalue weighted by Crippen LogP contribution is 2.32. The monoisotopic (exact) mass is 305 g/mol. The zero-order chi connectivity index (χ0) is 15.4. The number of benzene rings is 2. The summed E-state index contributed by atoms with van der Waals surface area (Å²) in [5.74, 6) is -0.472. The molecule has 0 saturated heterocycles. The molecular weight excluding hydrogens is 294 g/mol. The highest BCUT2D eigenvalue weighted by atomic mass is 35.5. The third kappa shape index (κ3) is 3.49. The maximum Gasteiger partial charge on any atom is 0.312 e. The number of hydrogen-bond donors (Lipinski definition) is 2. The number of hydrogen-bond acceptors (Lipinski definition) is 5. The summed E-state index contributed by atoms with van der Waals surface area (Å²) in [6, 6.07) is 9.99. The molecule has 0 atom stereocenters. The summed E-state index contributed by atoms with van der Waals surface area (Å²) in [5.41, 5.74) is 4.30. The minimum absolute atomic E-state index is 0.150. The van der Waals surface area contributed by atoms with Crippen LogP contribution in [0.15, 0.2) is 41.5 Å². The Bertz CT molecular complexity index is 717. The topological polar surface area (TPSA) is 87.8 Å². The fourth-order valence-electron chi connectivity index (χ4n) is 1.71. The van der Waals surface area contributed by atoms with Crippen LogP contribution < -0.4 is 5.43 Å². The number of rotatable bonds is 4. The smallest absolute Gasteiger partial charge is 0.312 e. The van der Waals surface area contributed by atoms with E-state index in [1.807, 2.05) is 31.2 Å². The minimum atomic E-state index is -0.701. The predicted molar refractivity (Wildman–Crippen MR) is 82.2 cm³/mol. The van der Waals surface area contributed by atoms with Crippen molar-refractivity contribution < 1.29 is 10.0 Å². The maximum atomic E-state index is 10.8. The summed E-state index contributed by atoms with van der Waals surface area (Å²) in [6.45, 7) is 1.92. The highest BCUT2D eigenvalue weighted by molar-refractivity contribution is 6.31. The standard InChI is InChI=1S/C14H12ClN3O3/c1-9-4-2-3-5-12(9)17-16-8-10-6-11(15)7-13(14(10)19)18(20)21/h2-8,17,19H,1H3. The molecule has 2 aromatic rings. The third-order valence-electron chi connectivity index (χ3n) is 2.81. The predicted octanol–water partition coefficient (Wildman–Crippen LogP) is 3.71. The fourth-order valence-corrected chi connectivity index (χ4v) is 1.93. The molecule has 0 aromatic heterocycles. The van der Waals surface area contributed by atoms with E-state index >= 15 is 0 Å². The van der Waals surface area contributed by atoms with Crippen molar-refractivity contribution in [3.63, 3.8) is 0 Å². The molecule has 0 aliphatic carbocycles. The number of nitrogens with zero attached hydrogens (tertiary/aromatic N) is 2. The second-order valence-electron chi connectivity index (χ2n) is 4.30. The number of phenols is 1. The molecule has 0 radical (unpaired) electrons. The Morgan fingerprint density at radius 2 is 2.10 bits per heavy atom. The quantitative estimate of drug-likeness (QED) is 0.512. The van der Waals surface area contributed by atoms with E-state index in [0.717, 1.165) is 17.3 Å². The van der Waals surface area contributed by atoms with Gasteiger partial charge in [0.2, 0.25) is 5.75 Å². The Labute approximate surface area is 125 Å². The van der Waals surface area contributed by atoms with Crippen molar-refractivity contribution in [2.24, 2.45) is 5.10 Å². The normalized spacial score (nSPS) is 10.8. The molecule has 0 fully saturated rings. The summed E-state index contributed by atoms with van der Waals surface area (Å²) in [4.78, 5) is 10.1. The molecule has 0 heterocycles. The van der Waals surface area contributed by atoms with E-state index in [2.05, 4.69) is 10.5 Å². The summed E-state index contributed by atoms with van der Waals surface area (Å²) in [5, 5.41) is 24.7. The molecule has 0 aliphatic rings. The van der Waals surface area contributed by atoms with Crippen LogP contribution in [0.2, 0.25) is 5.02 Å². The van der Waals surface area contributed by atoms with Crippen LogP contribution in [0.1, 0.15) is 11.1 Å². The van der Waals surface area contributed by atoms with Gasteiger partial charge in [0.05, 0.1) is 16.8 Å². The summed E-state index contributed by atoms with van der Waals surface area (Å²) < 4.78 is 0. The van der Waals surface area contributed by atoms with Gasteiger partial charge in [-0.1, -0.05) is 29.8 Å². The lowest BCUT2D eigenvalue weighted by atomic mass is 10.2. The number of anilines is 1. The van der Waals surface area contributed by atoms with Crippen LogP contribution in [-0.2, 0) is 0 Å². The number of nitrogens with one attached hydrogen (secondary N) is 1. The number of nitro groups is 1. The van der Waals surface area contributed by atoms with Crippen molar-refractivity contribution in [1.82, 2.24) is 0 Å². The number of halogens is 1. The van der Waals surface area contributed by atoms with E-state index in [1.54, 1.807) is 0 Å². The average Bonchev–Trinajstić information content (AvgIpc) is 2.44. The number of aryl methyl sites for hydroxylation is 1. The van der Waals surface area contributed by atoms with Crippen LogP contribution >= 0.6 is 11.6 Å². The fraction of sp³-hybridized carbons (Fsp3) is 0.0714. The van der Waals surface area contributed by atoms with Crippen molar-refractivity contribution in [2.45, 2.75) is 6.92 Å². The Kier molecular flexibility index (Phi) is 4.39. The van der Waals surface area contributed by atoms with Crippen LogP contribution in [-0.4, -0.2) is 16.2 Å². The second-order valence-corrected chi connectivity index (χ2v) is 4.74. The van der Waals surface area contributed by atoms with Crippen molar-refractivity contribution in [1.29, 1.82) is 0 Å². The van der Waals surface area contributed by atoms with Crippen LogP contribution in [0.3, 0.4) is 0 Å². The zero-order valence-corrected chi connectivity index (χ0v) is 11.8. The van der Waals surface area contributed by atoms with E-state index < -0.39 is 16.4 Å². The van der Waals surface area contributed by atoms with E-state index in [-0.39, 0.29) is 10.6 Å². The molecule has 6 nitrogen and oxygen atoms in total. The molecule has 2 N–H and O–H groups in total. The SMILES string of the molecule is Cc1ccccc1NN=Cc1cc(Cl)cc([N+](=O)[O-])c1O. The lowest BCUT2D eigenvalue weighted by Gasteiger charge is -2.04. The molecule has 0 spiro atoms. The van der Waals surface area contributed by atoms with Gasteiger partial charge in [-0.3, -0.25) is 15.5 Å². The largest absolute Gasteiger partial charge is 0.502 e. The second kappa shape index (κ2) is 6.23. The number of aromatic hydroxyl groups is 1. The van der Waals surface area contributed by atoms with Crippen LogP contribution in [0.25, 0.3) is 0 Å². The Morgan fingerprint density at radius 1 is 1.38 bits per heavy atom. The van der Waals surface area contributed by atoms with Gasteiger partial charge in [-0.05, 0) is 24.6 Å². The molecule has 0 aliphatic heterocycles. The van der Waals surface area contributed by atoms with Crippen molar-refractivity contribution in [3.05, 3.63) is 62.7 Å². The van der Waals surface area contributed by atoms with E-state index in [9.17, 15) is 15.2 Å². The van der Waals surface area contributed by atoms with Crippen LogP contribution in [0.4, 0.5) is 11.4 Å². The lowest BCUT2D eigenvalue weighted by molar-refractivity contribution is -0.385. The summed E-state index contributed by atoms with van der Waals surface area (Å²) in [7, 11) is 0. The van der Waals surface area contributed by atoms with Crippen molar-refractivity contribution in [3.8, 4) is 5.75 Å². The number of phenolic OH excluding ortho intramolecular Hbond substituents is 1. The van der Waals surface area contributed by atoms with E-state index in [0.29, 0.717) is 0 Å². The molecule has 21 heavy (non-hydrogen) atoms. The van der Waals surface area contributed by atoms with Crippen LogP contribution in [0, 0.1) is 17.0 Å². The summed E-state index contributed by atoms with van der Waals surface area (Å²) >= 11 is 5.79. The lowest BCUT2D eigenvalue weighted by Crippen LogP contribution is -1.95. The van der Waals surface area contributed by atoms with Gasteiger partial charge < -0.3 is 5.11 Å². The Balaban J connectivity index is 2.26. The molecule has 0 unspecified atom stereocenters. The Hall–Kier alpha value is -2.60. The highest BCUT2D eigenvalue weighted by Gasteiger charge is 2.17. The molecule has 2 rings (SSSR count). The maximum absolute atomic E-state index is 10.8. The van der Waals surface area contributed by atoms with Crippen LogP contribution in [0.5, 0.6) is 5.75 Å². The van der Waals surface area contributed by atoms with Crippen molar-refractivity contribution >= 4 is 29.2 Å². The van der Waals surface area contributed by atoms with Gasteiger partial charge in [0, 0.05) is 16.7 Å². The summed E-state index contributed by atoms with van der Waals surface area (Å²) in [6.07, 6.45) is 1.28. The van der Waals surface area contributed by atoms with Gasteiger partial charge in [0.1, 0.15) is 0 Å². The first-order chi connectivity index (χ1) is 9.99. The van der Waals surface area contributed by atoms with Gasteiger partial charge in [0.25, 0.3) is 0 Å². The molecule has 2 aromatic carbocycles. The first-order valence-corrected chi connectivity index (χ1v) is 6.38. The first-order valence-electron chi connectivity index (χ1n) is 6.00. The number of hydrazone groups is 1. The van der Waals surface area contributed by atoms with Gasteiger partial charge >= 0.3 is 5.69 Å². The number of para-hydroxylation sites is 1. The average molecular weight is 306 g/mol. The minimum Gasteiger partial charge on any atom is -0.502 e. The molecule has 0 bridgehead atoms.